The number of esters is 4. The van der Waals surface area contributed by atoms with Gasteiger partial charge in [0.15, 0.2) is 12.2 Å². The minimum absolute atomic E-state index is 0.106. The molecule has 0 aliphatic carbocycles. The Kier molecular flexibility index (Phi) is 61.8. The normalized spacial score (nSPS) is 14.1. The van der Waals surface area contributed by atoms with Crippen LogP contribution in [0.1, 0.15) is 363 Å². The maximum atomic E-state index is 13.0. The second-order valence-electron chi connectivity index (χ2n) is 26.6. The molecule has 0 aliphatic heterocycles. The van der Waals surface area contributed by atoms with Gasteiger partial charge in [-0.05, 0) is 37.5 Å². The Labute approximate surface area is 549 Å². The highest BCUT2D eigenvalue weighted by Gasteiger charge is 2.30. The number of carbonyl (C=O) groups excluding carboxylic acids is 4. The summed E-state index contributed by atoms with van der Waals surface area (Å²) in [5, 5.41) is 10.6. The summed E-state index contributed by atoms with van der Waals surface area (Å²) in [5.41, 5.74) is 0. The molecule has 534 valence electrons. The van der Waals surface area contributed by atoms with Gasteiger partial charge in [-0.2, -0.15) is 0 Å². The van der Waals surface area contributed by atoms with Crippen LogP contribution in [0.15, 0.2) is 0 Å². The molecule has 0 spiro atoms. The van der Waals surface area contributed by atoms with Crippen molar-refractivity contribution in [2.75, 3.05) is 39.6 Å². The third-order valence-electron chi connectivity index (χ3n) is 16.5. The molecule has 0 heterocycles. The Balaban J connectivity index is 5.24. The second kappa shape index (κ2) is 63.1. The van der Waals surface area contributed by atoms with E-state index in [4.69, 9.17) is 37.0 Å². The van der Waals surface area contributed by atoms with Crippen LogP contribution in [0.2, 0.25) is 0 Å². The Morgan fingerprint density at radius 2 is 0.511 bits per heavy atom. The van der Waals surface area contributed by atoms with Crippen molar-refractivity contribution in [2.45, 2.75) is 381 Å². The van der Waals surface area contributed by atoms with Gasteiger partial charge in [-0.1, -0.05) is 311 Å². The predicted molar refractivity (Wildman–Crippen MR) is 363 cm³/mol. The summed E-state index contributed by atoms with van der Waals surface area (Å²) in [4.78, 5) is 72.5. The van der Waals surface area contributed by atoms with E-state index in [9.17, 15) is 43.2 Å². The summed E-state index contributed by atoms with van der Waals surface area (Å²) in [6, 6.07) is 0. The number of aliphatic hydroxyl groups excluding tert-OH is 1. The van der Waals surface area contributed by atoms with Crippen molar-refractivity contribution in [2.24, 2.45) is 11.8 Å². The first-order valence-corrected chi connectivity index (χ1v) is 40.0. The molecule has 0 amide bonds. The lowest BCUT2D eigenvalue weighted by molar-refractivity contribution is -0.161. The third kappa shape index (κ3) is 64.8. The fraction of sp³-hybridized carbons (Fsp3) is 0.944. The fourth-order valence-corrected chi connectivity index (χ4v) is 12.3. The third-order valence-corrected chi connectivity index (χ3v) is 18.4. The molecule has 2 unspecified atom stereocenters. The molecular weight excluding hydrogens is 1190 g/mol. The van der Waals surface area contributed by atoms with Crippen molar-refractivity contribution in [1.29, 1.82) is 0 Å². The van der Waals surface area contributed by atoms with Gasteiger partial charge in [-0.3, -0.25) is 37.3 Å². The molecule has 0 bridgehead atoms. The summed E-state index contributed by atoms with van der Waals surface area (Å²) in [6.07, 6.45) is 48.6. The minimum Gasteiger partial charge on any atom is -0.462 e. The van der Waals surface area contributed by atoms with Gasteiger partial charge < -0.3 is 33.8 Å². The van der Waals surface area contributed by atoms with Crippen LogP contribution in [-0.2, 0) is 65.4 Å². The molecule has 0 aromatic carbocycles. The van der Waals surface area contributed by atoms with Crippen LogP contribution >= 0.6 is 15.6 Å². The second-order valence-corrected chi connectivity index (χ2v) is 29.5. The zero-order chi connectivity index (χ0) is 66.5. The van der Waals surface area contributed by atoms with Gasteiger partial charge in [0.25, 0.3) is 0 Å². The molecule has 0 aromatic heterocycles. The van der Waals surface area contributed by atoms with Gasteiger partial charge in [0, 0.05) is 25.7 Å². The topological polar surface area (TPSA) is 237 Å². The quantitative estimate of drug-likeness (QED) is 0.0222. The molecule has 17 nitrogen and oxygen atoms in total. The van der Waals surface area contributed by atoms with Crippen molar-refractivity contribution in [1.82, 2.24) is 0 Å². The standard InChI is InChI=1S/C71H138O17P2/c1-7-9-11-13-15-17-19-22-27-30-34-41-47-53-68(73)81-59-66(87-71(76)56-50-44-36-32-28-24-21-23-25-29-33-39-45-51-63(3)4)61-85-89(77,78)83-57-65(72)58-84-90(79,80)86-62-67(60-82-69(74)54-48-42-38-37-40-46-52-64(5)6)88-70(75)55-49-43-35-31-26-20-18-16-14-12-10-8-2/h63-67,72H,7-62H2,1-6H3,(H,77,78)(H,79,80)/t65-,66-,67-/m1/s1. The van der Waals surface area contributed by atoms with E-state index in [-0.39, 0.29) is 25.7 Å². The van der Waals surface area contributed by atoms with Gasteiger partial charge in [-0.25, -0.2) is 9.13 Å². The zero-order valence-electron chi connectivity index (χ0n) is 58.4. The largest absolute Gasteiger partial charge is 0.472 e. The average molecular weight is 1330 g/mol. The Morgan fingerprint density at radius 3 is 0.756 bits per heavy atom. The van der Waals surface area contributed by atoms with Crippen molar-refractivity contribution < 1.29 is 80.2 Å². The number of phosphoric acid groups is 2. The highest BCUT2D eigenvalue weighted by molar-refractivity contribution is 7.47. The van der Waals surface area contributed by atoms with Crippen LogP contribution in [0.5, 0.6) is 0 Å². The molecule has 90 heavy (non-hydrogen) atoms. The Morgan fingerprint density at radius 1 is 0.300 bits per heavy atom. The molecule has 0 radical (unpaired) electrons. The lowest BCUT2D eigenvalue weighted by Gasteiger charge is -2.21. The maximum absolute atomic E-state index is 13.0. The highest BCUT2D eigenvalue weighted by atomic mass is 31.2. The van der Waals surface area contributed by atoms with Crippen molar-refractivity contribution >= 4 is 39.5 Å². The molecule has 0 saturated carbocycles. The van der Waals surface area contributed by atoms with E-state index in [0.29, 0.717) is 31.6 Å². The number of rotatable bonds is 70. The molecular formula is C71H138O17P2. The number of ether oxygens (including phenoxy) is 4. The van der Waals surface area contributed by atoms with E-state index < -0.39 is 97.5 Å². The van der Waals surface area contributed by atoms with Gasteiger partial charge >= 0.3 is 39.5 Å². The van der Waals surface area contributed by atoms with Gasteiger partial charge in [-0.15, -0.1) is 0 Å². The number of phosphoric ester groups is 2. The van der Waals surface area contributed by atoms with E-state index >= 15 is 0 Å². The smallest absolute Gasteiger partial charge is 0.462 e. The number of hydrogen-bond acceptors (Lipinski definition) is 15. The van der Waals surface area contributed by atoms with E-state index in [1.807, 2.05) is 0 Å². The highest BCUT2D eigenvalue weighted by Crippen LogP contribution is 2.45. The Hall–Kier alpha value is -1.94. The van der Waals surface area contributed by atoms with Crippen LogP contribution in [-0.4, -0.2) is 96.7 Å². The van der Waals surface area contributed by atoms with Crippen molar-refractivity contribution in [3.63, 3.8) is 0 Å². The SMILES string of the molecule is CCCCCCCCCCCCCCCC(=O)OC[C@H](COP(=O)(O)OC[C@@H](O)COP(=O)(O)OC[C@@H](COC(=O)CCCCCCCCC(C)C)OC(=O)CCCCCCCCCCCCCC)OC(=O)CCCCCCCCCCCCCCCC(C)C. The summed E-state index contributed by atoms with van der Waals surface area (Å²) in [7, 11) is -9.90. The molecule has 0 aliphatic rings. The van der Waals surface area contributed by atoms with Gasteiger partial charge in [0.05, 0.1) is 26.4 Å². The number of carbonyl (C=O) groups is 4. The first-order chi connectivity index (χ1) is 43.4. The van der Waals surface area contributed by atoms with Crippen molar-refractivity contribution in [3.05, 3.63) is 0 Å². The average Bonchev–Trinajstić information content (AvgIpc) is 3.10. The van der Waals surface area contributed by atoms with Crippen molar-refractivity contribution in [3.8, 4) is 0 Å². The van der Waals surface area contributed by atoms with Crippen LogP contribution < -0.4 is 0 Å². The van der Waals surface area contributed by atoms with E-state index in [1.54, 1.807) is 0 Å². The monoisotopic (exact) mass is 1320 g/mol. The van der Waals surface area contributed by atoms with E-state index in [0.717, 1.165) is 102 Å². The molecule has 0 fully saturated rings. The summed E-state index contributed by atoms with van der Waals surface area (Å²) in [6.45, 7) is 9.49. The molecule has 0 saturated heterocycles. The molecule has 5 atom stereocenters. The number of aliphatic hydroxyl groups is 1. The fourth-order valence-electron chi connectivity index (χ4n) is 10.8. The minimum atomic E-state index is -4.95. The number of unbranched alkanes of at least 4 members (excludes halogenated alkanes) is 40. The zero-order valence-corrected chi connectivity index (χ0v) is 60.2. The van der Waals surface area contributed by atoms with Crippen LogP contribution in [0, 0.1) is 11.8 Å². The summed E-state index contributed by atoms with van der Waals surface area (Å²) >= 11 is 0. The molecule has 0 aromatic rings. The van der Waals surface area contributed by atoms with Gasteiger partial charge in [0.2, 0.25) is 0 Å². The summed E-state index contributed by atoms with van der Waals surface area (Å²) < 4.78 is 68.3. The predicted octanol–water partition coefficient (Wildman–Crippen LogP) is 20.4. The molecule has 3 N–H and O–H groups in total. The van der Waals surface area contributed by atoms with E-state index in [2.05, 4.69) is 41.5 Å². The summed E-state index contributed by atoms with van der Waals surface area (Å²) in [5.74, 6) is -0.656. The first-order valence-electron chi connectivity index (χ1n) is 37.0. The first kappa shape index (κ1) is 88.1. The van der Waals surface area contributed by atoms with Crippen LogP contribution in [0.4, 0.5) is 0 Å². The molecule has 0 rings (SSSR count). The Bertz CT molecular complexity index is 1750. The lowest BCUT2D eigenvalue weighted by atomic mass is 10.0. The van der Waals surface area contributed by atoms with Crippen LogP contribution in [0.3, 0.4) is 0 Å². The van der Waals surface area contributed by atoms with E-state index in [1.165, 1.54) is 173 Å². The maximum Gasteiger partial charge on any atom is 0.472 e. The van der Waals surface area contributed by atoms with Crippen LogP contribution in [0.25, 0.3) is 0 Å². The van der Waals surface area contributed by atoms with Gasteiger partial charge in [0.1, 0.15) is 19.3 Å². The number of hydrogen-bond donors (Lipinski definition) is 3. The molecule has 19 heteroatoms. The lowest BCUT2D eigenvalue weighted by Crippen LogP contribution is -2.30.